The van der Waals surface area contributed by atoms with Gasteiger partial charge in [-0.05, 0) is 19.0 Å². The molecule has 0 saturated heterocycles. The van der Waals surface area contributed by atoms with Crippen molar-refractivity contribution in [2.24, 2.45) is 5.73 Å². The highest BCUT2D eigenvalue weighted by Gasteiger charge is 2.18. The Morgan fingerprint density at radius 1 is 1.32 bits per heavy atom. The molecule has 0 aliphatic rings. The number of amides is 1. The first-order chi connectivity index (χ1) is 10.1. The highest BCUT2D eigenvalue weighted by molar-refractivity contribution is 7.09. The molecule has 2 atom stereocenters. The standard InChI is InChI=1S/C16H21N3OS.ClH/c1-11(13-6-4-3-5-7-13)12(2)18-16(20)14-10-21-15(19-14)8-9-17;/h3-7,10-12H,8-9,17H2,1-2H3,(H,18,20);1H. The molecule has 1 aromatic heterocycles. The summed E-state index contributed by atoms with van der Waals surface area (Å²) >= 11 is 1.48. The zero-order valence-electron chi connectivity index (χ0n) is 12.8. The Labute approximate surface area is 141 Å². The molecule has 3 N–H and O–H groups in total. The molecule has 2 aromatic rings. The third-order valence-electron chi connectivity index (χ3n) is 3.58. The maximum absolute atomic E-state index is 12.2. The van der Waals surface area contributed by atoms with Crippen molar-refractivity contribution in [3.8, 4) is 0 Å². The first-order valence-electron chi connectivity index (χ1n) is 7.12. The summed E-state index contributed by atoms with van der Waals surface area (Å²) in [5.74, 6) is 0.127. The Kier molecular flexibility index (Phi) is 7.51. The van der Waals surface area contributed by atoms with Crippen LogP contribution in [-0.4, -0.2) is 23.5 Å². The van der Waals surface area contributed by atoms with Crippen LogP contribution in [0.5, 0.6) is 0 Å². The molecule has 120 valence electrons. The van der Waals surface area contributed by atoms with Gasteiger partial charge in [0.1, 0.15) is 5.69 Å². The Morgan fingerprint density at radius 2 is 2.00 bits per heavy atom. The minimum absolute atomic E-state index is 0. The average Bonchev–Trinajstić information content (AvgIpc) is 2.96. The van der Waals surface area contributed by atoms with E-state index in [1.54, 1.807) is 5.38 Å². The average molecular weight is 340 g/mol. The summed E-state index contributed by atoms with van der Waals surface area (Å²) in [5.41, 5.74) is 7.19. The number of halogens is 1. The van der Waals surface area contributed by atoms with E-state index in [1.807, 2.05) is 25.1 Å². The second-order valence-electron chi connectivity index (χ2n) is 5.13. The van der Waals surface area contributed by atoms with Crippen LogP contribution in [0.3, 0.4) is 0 Å². The van der Waals surface area contributed by atoms with Crippen LogP contribution in [0.25, 0.3) is 0 Å². The predicted molar refractivity (Wildman–Crippen MR) is 93.9 cm³/mol. The van der Waals surface area contributed by atoms with Gasteiger partial charge in [0.2, 0.25) is 0 Å². The lowest BCUT2D eigenvalue weighted by atomic mass is 9.94. The molecule has 1 aromatic carbocycles. The van der Waals surface area contributed by atoms with Gasteiger partial charge in [-0.1, -0.05) is 37.3 Å². The van der Waals surface area contributed by atoms with E-state index in [-0.39, 0.29) is 30.3 Å². The van der Waals surface area contributed by atoms with Crippen LogP contribution in [0.1, 0.15) is 40.8 Å². The highest BCUT2D eigenvalue weighted by atomic mass is 35.5. The Balaban J connectivity index is 0.00000242. The first kappa shape index (κ1) is 18.6. The Bertz CT molecular complexity index is 588. The van der Waals surface area contributed by atoms with Crippen LogP contribution >= 0.6 is 23.7 Å². The van der Waals surface area contributed by atoms with E-state index in [9.17, 15) is 4.79 Å². The molecule has 0 fully saturated rings. The summed E-state index contributed by atoms with van der Waals surface area (Å²) in [5, 5.41) is 5.72. The number of nitrogens with two attached hydrogens (primary N) is 1. The van der Waals surface area contributed by atoms with E-state index < -0.39 is 0 Å². The fourth-order valence-corrected chi connectivity index (χ4v) is 2.90. The maximum Gasteiger partial charge on any atom is 0.270 e. The first-order valence-corrected chi connectivity index (χ1v) is 8.00. The third-order valence-corrected chi connectivity index (χ3v) is 4.49. The van der Waals surface area contributed by atoms with Crippen molar-refractivity contribution in [3.63, 3.8) is 0 Å². The zero-order chi connectivity index (χ0) is 15.2. The van der Waals surface area contributed by atoms with E-state index in [0.29, 0.717) is 18.7 Å². The van der Waals surface area contributed by atoms with Crippen LogP contribution < -0.4 is 11.1 Å². The lowest BCUT2D eigenvalue weighted by Crippen LogP contribution is -2.36. The topological polar surface area (TPSA) is 68.0 Å². The number of hydrogen-bond donors (Lipinski definition) is 2. The molecule has 0 aliphatic carbocycles. The molecule has 0 spiro atoms. The quantitative estimate of drug-likeness (QED) is 0.850. The molecule has 1 amide bonds. The van der Waals surface area contributed by atoms with Gasteiger partial charge >= 0.3 is 0 Å². The fourth-order valence-electron chi connectivity index (χ4n) is 2.10. The molecule has 4 nitrogen and oxygen atoms in total. The van der Waals surface area contributed by atoms with Gasteiger partial charge in [0.15, 0.2) is 0 Å². The van der Waals surface area contributed by atoms with Crippen LogP contribution in [-0.2, 0) is 6.42 Å². The zero-order valence-corrected chi connectivity index (χ0v) is 14.4. The minimum atomic E-state index is -0.121. The van der Waals surface area contributed by atoms with Crippen molar-refractivity contribution >= 4 is 29.7 Å². The summed E-state index contributed by atoms with van der Waals surface area (Å²) in [4.78, 5) is 16.5. The van der Waals surface area contributed by atoms with Crippen LogP contribution in [0, 0.1) is 0 Å². The number of rotatable bonds is 6. The lowest BCUT2D eigenvalue weighted by molar-refractivity contribution is 0.0931. The number of nitrogens with one attached hydrogen (secondary N) is 1. The van der Waals surface area contributed by atoms with Gasteiger partial charge in [-0.25, -0.2) is 4.98 Å². The number of aromatic nitrogens is 1. The van der Waals surface area contributed by atoms with Gasteiger partial charge in [-0.2, -0.15) is 0 Å². The Hall–Kier alpha value is -1.43. The van der Waals surface area contributed by atoms with Gasteiger partial charge in [0, 0.05) is 23.8 Å². The third kappa shape index (κ3) is 4.80. The number of thiazole rings is 1. The molecule has 1 heterocycles. The van der Waals surface area contributed by atoms with Crippen molar-refractivity contribution < 1.29 is 4.79 Å². The molecule has 2 unspecified atom stereocenters. The monoisotopic (exact) mass is 339 g/mol. The smallest absolute Gasteiger partial charge is 0.270 e. The Morgan fingerprint density at radius 3 is 2.64 bits per heavy atom. The largest absolute Gasteiger partial charge is 0.348 e. The van der Waals surface area contributed by atoms with Crippen molar-refractivity contribution in [3.05, 3.63) is 52.0 Å². The van der Waals surface area contributed by atoms with Crippen molar-refractivity contribution in [2.45, 2.75) is 32.2 Å². The van der Waals surface area contributed by atoms with Crippen LogP contribution in [0.4, 0.5) is 0 Å². The van der Waals surface area contributed by atoms with Gasteiger partial charge < -0.3 is 11.1 Å². The number of hydrogen-bond acceptors (Lipinski definition) is 4. The number of carbonyl (C=O) groups excluding carboxylic acids is 1. The number of benzene rings is 1. The summed E-state index contributed by atoms with van der Waals surface area (Å²) in [6.45, 7) is 4.68. The molecule has 2 rings (SSSR count). The SMILES string of the molecule is CC(NC(=O)c1csc(CCN)n1)C(C)c1ccccc1.Cl. The van der Waals surface area contributed by atoms with Crippen molar-refractivity contribution in [1.82, 2.24) is 10.3 Å². The van der Waals surface area contributed by atoms with Gasteiger partial charge in [-0.15, -0.1) is 23.7 Å². The van der Waals surface area contributed by atoms with E-state index in [1.165, 1.54) is 16.9 Å². The number of nitrogens with zero attached hydrogens (tertiary/aromatic N) is 1. The molecule has 0 bridgehead atoms. The molecule has 0 radical (unpaired) electrons. The summed E-state index contributed by atoms with van der Waals surface area (Å²) in [6, 6.07) is 10.2. The normalized spacial score (nSPS) is 13.0. The molecule has 6 heteroatoms. The van der Waals surface area contributed by atoms with E-state index in [2.05, 4.69) is 29.4 Å². The van der Waals surface area contributed by atoms with E-state index in [4.69, 9.17) is 5.73 Å². The predicted octanol–water partition coefficient (Wildman–Crippen LogP) is 2.99. The number of carbonyl (C=O) groups is 1. The van der Waals surface area contributed by atoms with Crippen molar-refractivity contribution in [1.29, 1.82) is 0 Å². The van der Waals surface area contributed by atoms with Crippen molar-refractivity contribution in [2.75, 3.05) is 6.54 Å². The molecular weight excluding hydrogens is 318 g/mol. The van der Waals surface area contributed by atoms with Gasteiger partial charge in [0.25, 0.3) is 5.91 Å². The minimum Gasteiger partial charge on any atom is -0.348 e. The summed E-state index contributed by atoms with van der Waals surface area (Å²) < 4.78 is 0. The fraction of sp³-hybridized carbons (Fsp3) is 0.375. The maximum atomic E-state index is 12.2. The summed E-state index contributed by atoms with van der Waals surface area (Å²) in [7, 11) is 0. The molecular formula is C16H22ClN3OS. The second-order valence-corrected chi connectivity index (χ2v) is 6.07. The summed E-state index contributed by atoms with van der Waals surface area (Å²) in [6.07, 6.45) is 0.716. The molecule has 0 aliphatic heterocycles. The van der Waals surface area contributed by atoms with Gasteiger partial charge in [0.05, 0.1) is 5.01 Å². The van der Waals surface area contributed by atoms with Gasteiger partial charge in [-0.3, -0.25) is 4.79 Å². The molecule has 0 saturated carbocycles. The lowest BCUT2D eigenvalue weighted by Gasteiger charge is -2.21. The van der Waals surface area contributed by atoms with E-state index in [0.717, 1.165) is 5.01 Å². The van der Waals surface area contributed by atoms with E-state index >= 15 is 0 Å². The second kappa shape index (κ2) is 8.88. The highest BCUT2D eigenvalue weighted by Crippen LogP contribution is 2.19. The van der Waals surface area contributed by atoms with Crippen LogP contribution in [0.15, 0.2) is 35.7 Å². The van der Waals surface area contributed by atoms with Crippen LogP contribution in [0.2, 0.25) is 0 Å². The molecule has 22 heavy (non-hydrogen) atoms.